The van der Waals surface area contributed by atoms with E-state index in [-0.39, 0.29) is 24.5 Å². The van der Waals surface area contributed by atoms with Crippen LogP contribution in [0.15, 0.2) is 107 Å². The minimum atomic E-state index is -0.0760. The van der Waals surface area contributed by atoms with Gasteiger partial charge in [0, 0.05) is 49.4 Å². The zero-order chi connectivity index (χ0) is 32.8. The number of carbonyl (C=O) groups is 1. The third-order valence-corrected chi connectivity index (χ3v) is 9.22. The number of rotatable bonds is 11. The number of aliphatic imine (C=N–C) groups is 1. The lowest BCUT2D eigenvalue weighted by Gasteiger charge is -2.41. The second-order valence-electron chi connectivity index (χ2n) is 11.9. The van der Waals surface area contributed by atoms with E-state index >= 15 is 0 Å². The third-order valence-electron chi connectivity index (χ3n) is 7.97. The normalized spacial score (nSPS) is 15.2. The predicted octanol–water partition coefficient (Wildman–Crippen LogP) is 7.31. The van der Waals surface area contributed by atoms with Gasteiger partial charge in [0.05, 0.1) is 44.5 Å². The number of nitriles is 1. The smallest absolute Gasteiger partial charge is 0.237 e. The van der Waals surface area contributed by atoms with Crippen LogP contribution in [0.3, 0.4) is 0 Å². The van der Waals surface area contributed by atoms with Gasteiger partial charge in [0.15, 0.2) is 5.76 Å². The molecule has 6 rings (SSSR count). The number of thiophene rings is 1. The topological polar surface area (TPSA) is 97.8 Å². The molecule has 1 amide bonds. The van der Waals surface area contributed by atoms with Crippen LogP contribution >= 0.6 is 22.9 Å². The molecule has 1 atom stereocenters. The zero-order valence-electron chi connectivity index (χ0n) is 26.3. The van der Waals surface area contributed by atoms with Crippen LogP contribution in [0.4, 0.5) is 5.69 Å². The first-order valence-electron chi connectivity index (χ1n) is 15.6. The van der Waals surface area contributed by atoms with E-state index in [0.717, 1.165) is 33.0 Å². The van der Waals surface area contributed by atoms with Crippen molar-refractivity contribution in [3.8, 4) is 16.7 Å². The average molecular weight is 663 g/mol. The fourth-order valence-electron chi connectivity index (χ4n) is 5.68. The van der Waals surface area contributed by atoms with Crippen LogP contribution in [0, 0.1) is 11.3 Å². The summed E-state index contributed by atoms with van der Waals surface area (Å²) in [5.41, 5.74) is 5.42. The minimum absolute atomic E-state index is 0.0317. The summed E-state index contributed by atoms with van der Waals surface area (Å²) in [7, 11) is 0. The SMILES string of the molecule is CC(C)NC[C@H]1CN(Cc2cc(-c3ccc(Cl)s3)on2)CC(=O)N1Cc1ccc(C#N)c(N=C(c2ccccc2)c2ccccc2)c1. The molecule has 1 N–H and O–H groups in total. The van der Waals surface area contributed by atoms with E-state index in [1.54, 1.807) is 6.07 Å². The van der Waals surface area contributed by atoms with Gasteiger partial charge < -0.3 is 14.7 Å². The Labute approximate surface area is 283 Å². The number of nitrogens with one attached hydrogen (secondary N) is 1. The Morgan fingerprint density at radius 2 is 1.77 bits per heavy atom. The molecule has 1 aliphatic rings. The van der Waals surface area contributed by atoms with E-state index in [1.165, 1.54) is 11.3 Å². The number of carbonyl (C=O) groups excluding carboxylic acids is 1. The highest BCUT2D eigenvalue weighted by Gasteiger charge is 2.33. The first kappa shape index (κ1) is 32.4. The number of nitrogens with zero attached hydrogens (tertiary/aromatic N) is 5. The van der Waals surface area contributed by atoms with E-state index in [4.69, 9.17) is 21.1 Å². The van der Waals surface area contributed by atoms with Gasteiger partial charge in [0.2, 0.25) is 5.91 Å². The molecule has 1 fully saturated rings. The molecule has 5 aromatic rings. The summed E-state index contributed by atoms with van der Waals surface area (Å²) in [6, 6.07) is 33.7. The molecular formula is C37H35ClN6O2S. The van der Waals surface area contributed by atoms with Crippen molar-refractivity contribution in [2.45, 2.75) is 39.0 Å². The highest BCUT2D eigenvalue weighted by atomic mass is 35.5. The van der Waals surface area contributed by atoms with Gasteiger partial charge in [-0.2, -0.15) is 5.26 Å². The fourth-order valence-corrected chi connectivity index (χ4v) is 6.67. The molecule has 3 aromatic carbocycles. The number of piperazine rings is 1. The Morgan fingerprint density at radius 1 is 1.04 bits per heavy atom. The summed E-state index contributed by atoms with van der Waals surface area (Å²) < 4.78 is 6.28. The standard InChI is InChI=1S/C37H35ClN6O2S/c1-25(2)40-20-31-23-43(22-30-18-33(46-42-30)34-15-16-35(38)47-34)24-36(45)44(31)21-26-13-14-29(19-39)32(17-26)41-37(27-9-5-3-6-10-27)28-11-7-4-8-12-28/h3-18,25,31,40H,20-24H2,1-2H3/t31-/m0/s1. The number of amides is 1. The molecule has 2 aromatic heterocycles. The van der Waals surface area contributed by atoms with Gasteiger partial charge in [-0.05, 0) is 29.8 Å². The maximum absolute atomic E-state index is 13.8. The molecule has 0 bridgehead atoms. The highest BCUT2D eigenvalue weighted by molar-refractivity contribution is 7.19. The molecule has 238 valence electrons. The number of halogens is 1. The van der Waals surface area contributed by atoms with Crippen molar-refractivity contribution < 1.29 is 9.32 Å². The molecule has 0 aliphatic carbocycles. The summed E-state index contributed by atoms with van der Waals surface area (Å²) in [6.45, 7) is 6.68. The molecule has 47 heavy (non-hydrogen) atoms. The van der Waals surface area contributed by atoms with Crippen molar-refractivity contribution in [3.63, 3.8) is 0 Å². The highest BCUT2D eigenvalue weighted by Crippen LogP contribution is 2.32. The number of benzene rings is 3. The Hall–Kier alpha value is -4.59. The summed E-state index contributed by atoms with van der Waals surface area (Å²) in [4.78, 5) is 23.8. The molecule has 0 radical (unpaired) electrons. The van der Waals surface area contributed by atoms with Crippen molar-refractivity contribution in [2.75, 3.05) is 19.6 Å². The summed E-state index contributed by atoms with van der Waals surface area (Å²) in [5, 5.41) is 17.8. The van der Waals surface area contributed by atoms with Gasteiger partial charge in [-0.15, -0.1) is 11.3 Å². The molecule has 1 aliphatic heterocycles. The summed E-state index contributed by atoms with van der Waals surface area (Å²) in [5.74, 6) is 0.700. The van der Waals surface area contributed by atoms with Crippen LogP contribution in [0.25, 0.3) is 10.6 Å². The molecule has 0 unspecified atom stereocenters. The van der Waals surface area contributed by atoms with Gasteiger partial charge >= 0.3 is 0 Å². The fraction of sp³-hybridized carbons (Fsp3) is 0.243. The summed E-state index contributed by atoms with van der Waals surface area (Å²) >= 11 is 7.54. The van der Waals surface area contributed by atoms with Crippen molar-refractivity contribution in [1.29, 1.82) is 5.26 Å². The van der Waals surface area contributed by atoms with Crippen molar-refractivity contribution in [3.05, 3.63) is 129 Å². The van der Waals surface area contributed by atoms with E-state index in [0.29, 0.717) is 47.5 Å². The number of hydrogen-bond donors (Lipinski definition) is 1. The maximum Gasteiger partial charge on any atom is 0.237 e. The number of aromatic nitrogens is 1. The quantitative estimate of drug-likeness (QED) is 0.149. The van der Waals surface area contributed by atoms with Gasteiger partial charge in [-0.1, -0.05) is 97.3 Å². The molecule has 10 heteroatoms. The summed E-state index contributed by atoms with van der Waals surface area (Å²) in [6.07, 6.45) is 0. The molecule has 0 saturated carbocycles. The van der Waals surface area contributed by atoms with Crippen molar-refractivity contribution in [2.24, 2.45) is 4.99 Å². The van der Waals surface area contributed by atoms with E-state index in [2.05, 4.69) is 35.3 Å². The zero-order valence-corrected chi connectivity index (χ0v) is 27.8. The van der Waals surface area contributed by atoms with Crippen LogP contribution in [0.5, 0.6) is 0 Å². The van der Waals surface area contributed by atoms with Gasteiger partial charge in [-0.25, -0.2) is 4.99 Å². The van der Waals surface area contributed by atoms with E-state index in [1.807, 2.05) is 95.9 Å². The third kappa shape index (κ3) is 8.05. The Morgan fingerprint density at radius 3 is 2.40 bits per heavy atom. The van der Waals surface area contributed by atoms with E-state index in [9.17, 15) is 10.1 Å². The maximum atomic E-state index is 13.8. The van der Waals surface area contributed by atoms with Crippen molar-refractivity contribution in [1.82, 2.24) is 20.3 Å². The van der Waals surface area contributed by atoms with Crippen LogP contribution in [0.1, 0.15) is 41.8 Å². The first-order valence-corrected chi connectivity index (χ1v) is 16.7. The van der Waals surface area contributed by atoms with Crippen LogP contribution in [-0.2, 0) is 17.9 Å². The molecule has 8 nitrogen and oxygen atoms in total. The Kier molecular flexibility index (Phi) is 10.2. The first-order chi connectivity index (χ1) is 22.9. The number of hydrogen-bond acceptors (Lipinski definition) is 8. The Bertz CT molecular complexity index is 1860. The van der Waals surface area contributed by atoms with E-state index < -0.39 is 0 Å². The predicted molar refractivity (Wildman–Crippen MR) is 187 cm³/mol. The average Bonchev–Trinajstić information content (AvgIpc) is 3.73. The second-order valence-corrected chi connectivity index (χ2v) is 13.6. The van der Waals surface area contributed by atoms with Crippen LogP contribution in [0.2, 0.25) is 4.34 Å². The second kappa shape index (κ2) is 14.9. The van der Waals surface area contributed by atoms with Gasteiger partial charge in [0.25, 0.3) is 0 Å². The monoisotopic (exact) mass is 662 g/mol. The van der Waals surface area contributed by atoms with Crippen molar-refractivity contribution >= 4 is 40.2 Å². The molecule has 1 saturated heterocycles. The molecular weight excluding hydrogens is 628 g/mol. The lowest BCUT2D eigenvalue weighted by atomic mass is 10.0. The minimum Gasteiger partial charge on any atom is -0.355 e. The van der Waals surface area contributed by atoms with Crippen LogP contribution < -0.4 is 5.32 Å². The van der Waals surface area contributed by atoms with Gasteiger partial charge in [-0.3, -0.25) is 9.69 Å². The Balaban J connectivity index is 1.25. The van der Waals surface area contributed by atoms with Crippen LogP contribution in [-0.4, -0.2) is 58.3 Å². The lowest BCUT2D eigenvalue weighted by Crippen LogP contribution is -2.59. The van der Waals surface area contributed by atoms with Gasteiger partial charge in [0.1, 0.15) is 6.07 Å². The molecule has 3 heterocycles. The molecule has 0 spiro atoms. The largest absolute Gasteiger partial charge is 0.355 e. The lowest BCUT2D eigenvalue weighted by molar-refractivity contribution is -0.140.